The van der Waals surface area contributed by atoms with E-state index < -0.39 is 47.4 Å². The summed E-state index contributed by atoms with van der Waals surface area (Å²) in [6.07, 6.45) is -0.434. The fourth-order valence-corrected chi connectivity index (χ4v) is 6.91. The number of ether oxygens (including phenoxy) is 5. The number of rotatable bonds is 7. The molecule has 3 N–H and O–H groups in total. The van der Waals surface area contributed by atoms with Crippen LogP contribution >= 0.6 is 0 Å². The number of hydroxylamine groups is 2. The molecule has 0 bridgehead atoms. The minimum absolute atomic E-state index is 0.0293. The van der Waals surface area contributed by atoms with Gasteiger partial charge in [-0.2, -0.15) is 5.10 Å². The van der Waals surface area contributed by atoms with E-state index in [-0.39, 0.29) is 6.79 Å². The van der Waals surface area contributed by atoms with Gasteiger partial charge in [0.2, 0.25) is 18.4 Å². The summed E-state index contributed by atoms with van der Waals surface area (Å²) in [6, 6.07) is 6.98. The van der Waals surface area contributed by atoms with Crippen molar-refractivity contribution >= 4 is 11.6 Å². The largest absolute Gasteiger partial charge is 0.493 e. The van der Waals surface area contributed by atoms with Crippen LogP contribution in [0.25, 0.3) is 0 Å². The molecule has 0 unspecified atom stereocenters. The van der Waals surface area contributed by atoms with Crippen LogP contribution in [0.1, 0.15) is 69.2 Å². The monoisotopic (exact) mass is 598 g/mol. The number of fused-ring (bicyclic) bond motifs is 2. The SMILES string of the molecule is COc1cc([C@@H]2c3cc4c(cc3[C@H](O)[C@@H](CO)[C@H]2C(=O)NN=C2CC(C)(C)N([O])C(C)(C)C2)OCO4)cc(OC)c1OC. The summed E-state index contributed by atoms with van der Waals surface area (Å²) in [6.45, 7) is 6.94. The highest BCUT2D eigenvalue weighted by molar-refractivity contribution is 5.89. The Bertz CT molecular complexity index is 1380. The zero-order valence-corrected chi connectivity index (χ0v) is 25.6. The van der Waals surface area contributed by atoms with Crippen molar-refractivity contribution in [3.05, 3.63) is 41.0 Å². The fourth-order valence-electron chi connectivity index (χ4n) is 6.91. The molecule has 233 valence electrons. The van der Waals surface area contributed by atoms with Crippen molar-refractivity contribution in [2.24, 2.45) is 16.9 Å². The Labute approximate surface area is 251 Å². The number of aliphatic hydroxyl groups excluding tert-OH is 2. The molecular weight excluding hydrogens is 558 g/mol. The number of piperidine rings is 1. The number of hydrogen-bond donors (Lipinski definition) is 3. The molecule has 0 saturated carbocycles. The molecular formula is C31H40N3O9. The summed E-state index contributed by atoms with van der Waals surface area (Å²) >= 11 is 0. The standard InChI is InChI=1S/C31H40N3O9/c1-30(2)12-17(13-31(3,4)34(30)38)32-33-29(37)26-20(14-35)27(36)19-11-22-21(42-15-43-22)10-18(19)25(26)16-8-23(39-5)28(41-7)24(9-16)40-6/h8-11,20,25-27,35-36H,12-15H2,1-7H3,(H,33,37)/t20-,25+,26+,27-/m0/s1. The Morgan fingerprint density at radius 2 is 1.53 bits per heavy atom. The lowest BCUT2D eigenvalue weighted by molar-refractivity contribution is -0.273. The minimum Gasteiger partial charge on any atom is -0.493 e. The molecule has 4 atom stereocenters. The van der Waals surface area contributed by atoms with Crippen LogP contribution in [0, 0.1) is 11.8 Å². The molecule has 2 aliphatic heterocycles. The Balaban J connectivity index is 1.63. The van der Waals surface area contributed by atoms with Gasteiger partial charge in [-0.25, -0.2) is 5.43 Å². The summed E-state index contributed by atoms with van der Waals surface area (Å²) in [4.78, 5) is 14.1. The zero-order chi connectivity index (χ0) is 31.3. The first-order chi connectivity index (χ1) is 20.4. The molecule has 12 nitrogen and oxygen atoms in total. The molecule has 5 rings (SSSR count). The van der Waals surface area contributed by atoms with Gasteiger partial charge in [0.1, 0.15) is 0 Å². The molecule has 1 fully saturated rings. The number of carbonyl (C=O) groups is 1. The molecule has 2 heterocycles. The van der Waals surface area contributed by atoms with Crippen molar-refractivity contribution in [1.82, 2.24) is 10.5 Å². The van der Waals surface area contributed by atoms with Gasteiger partial charge in [-0.3, -0.25) is 4.79 Å². The fraction of sp³-hybridized carbons (Fsp3) is 0.548. The highest BCUT2D eigenvalue weighted by Crippen LogP contribution is 2.53. The second-order valence-electron chi connectivity index (χ2n) is 12.5. The number of benzene rings is 2. The predicted octanol–water partition coefficient (Wildman–Crippen LogP) is 3.32. The molecule has 1 aliphatic carbocycles. The summed E-state index contributed by atoms with van der Waals surface area (Å²) in [7, 11) is 4.51. The molecule has 2 aromatic carbocycles. The van der Waals surface area contributed by atoms with Crippen LogP contribution in [0.5, 0.6) is 28.7 Å². The van der Waals surface area contributed by atoms with E-state index in [0.717, 1.165) is 5.06 Å². The van der Waals surface area contributed by atoms with Gasteiger partial charge in [0.15, 0.2) is 23.0 Å². The Morgan fingerprint density at radius 3 is 2.05 bits per heavy atom. The lowest BCUT2D eigenvalue weighted by Crippen LogP contribution is -2.58. The van der Waals surface area contributed by atoms with Crippen LogP contribution in [-0.2, 0) is 10.0 Å². The number of methoxy groups -OCH3 is 3. The molecule has 0 aromatic heterocycles. The first-order valence-corrected chi connectivity index (χ1v) is 14.2. The van der Waals surface area contributed by atoms with Crippen molar-refractivity contribution in [3.8, 4) is 28.7 Å². The smallest absolute Gasteiger partial charge is 0.244 e. The molecule has 1 saturated heterocycles. The Hall–Kier alpha value is -3.58. The Morgan fingerprint density at radius 1 is 0.977 bits per heavy atom. The van der Waals surface area contributed by atoms with E-state index in [1.54, 1.807) is 24.3 Å². The van der Waals surface area contributed by atoms with Gasteiger partial charge in [0, 0.05) is 48.1 Å². The average molecular weight is 599 g/mol. The lowest BCUT2D eigenvalue weighted by atomic mass is 9.65. The quantitative estimate of drug-likeness (QED) is 0.408. The highest BCUT2D eigenvalue weighted by Gasteiger charge is 2.48. The zero-order valence-electron chi connectivity index (χ0n) is 25.6. The second-order valence-corrected chi connectivity index (χ2v) is 12.5. The van der Waals surface area contributed by atoms with Crippen LogP contribution in [0.3, 0.4) is 0 Å². The van der Waals surface area contributed by atoms with Crippen LogP contribution in [-0.4, -0.2) is 72.7 Å². The maximum Gasteiger partial charge on any atom is 0.244 e. The average Bonchev–Trinajstić information content (AvgIpc) is 3.44. The van der Waals surface area contributed by atoms with Crippen LogP contribution in [0.15, 0.2) is 29.4 Å². The molecule has 2 aromatic rings. The molecule has 12 heteroatoms. The molecule has 1 amide bonds. The third-order valence-corrected chi connectivity index (χ3v) is 8.71. The van der Waals surface area contributed by atoms with E-state index in [2.05, 4.69) is 10.5 Å². The summed E-state index contributed by atoms with van der Waals surface area (Å²) in [5.74, 6) is -0.923. The Kier molecular flexibility index (Phi) is 8.25. The van der Waals surface area contributed by atoms with Gasteiger partial charge in [-0.05, 0) is 68.7 Å². The van der Waals surface area contributed by atoms with E-state index in [1.165, 1.54) is 21.3 Å². The number of hydrogen-bond acceptors (Lipinski definition) is 10. The first kappa shape index (κ1) is 30.9. The van der Waals surface area contributed by atoms with Crippen molar-refractivity contribution in [1.29, 1.82) is 0 Å². The van der Waals surface area contributed by atoms with Gasteiger partial charge in [0.25, 0.3) is 0 Å². The van der Waals surface area contributed by atoms with Gasteiger partial charge >= 0.3 is 0 Å². The van der Waals surface area contributed by atoms with Crippen LogP contribution in [0.2, 0.25) is 0 Å². The number of amides is 1. The highest BCUT2D eigenvalue weighted by atomic mass is 16.7. The van der Waals surface area contributed by atoms with E-state index >= 15 is 0 Å². The van der Waals surface area contributed by atoms with Gasteiger partial charge in [0.05, 0.1) is 33.4 Å². The third-order valence-electron chi connectivity index (χ3n) is 8.71. The van der Waals surface area contributed by atoms with Gasteiger partial charge < -0.3 is 33.9 Å². The molecule has 3 aliphatic rings. The topological polar surface area (TPSA) is 151 Å². The summed E-state index contributed by atoms with van der Waals surface area (Å²) < 4.78 is 28.0. The van der Waals surface area contributed by atoms with E-state index in [9.17, 15) is 20.2 Å². The number of nitrogens with one attached hydrogen (secondary N) is 1. The molecule has 0 spiro atoms. The van der Waals surface area contributed by atoms with Crippen molar-refractivity contribution in [2.75, 3.05) is 34.7 Å². The second kappa shape index (κ2) is 11.5. The van der Waals surface area contributed by atoms with Crippen molar-refractivity contribution in [3.63, 3.8) is 0 Å². The van der Waals surface area contributed by atoms with E-state index in [4.69, 9.17) is 23.7 Å². The van der Waals surface area contributed by atoms with Gasteiger partial charge in [-0.15, -0.1) is 10.3 Å². The normalized spacial score (nSPS) is 25.5. The predicted molar refractivity (Wildman–Crippen MR) is 155 cm³/mol. The van der Waals surface area contributed by atoms with Crippen molar-refractivity contribution in [2.45, 2.75) is 63.6 Å². The van der Waals surface area contributed by atoms with Crippen molar-refractivity contribution < 1.29 is 43.9 Å². The van der Waals surface area contributed by atoms with Crippen LogP contribution in [0.4, 0.5) is 0 Å². The number of hydrazone groups is 1. The van der Waals surface area contributed by atoms with E-state index in [1.807, 2.05) is 27.7 Å². The summed E-state index contributed by atoms with van der Waals surface area (Å²) in [5.41, 5.74) is 3.77. The first-order valence-electron chi connectivity index (χ1n) is 14.2. The number of carbonyl (C=O) groups excluding carboxylic acids is 1. The minimum atomic E-state index is -1.18. The van der Waals surface area contributed by atoms with E-state index in [0.29, 0.717) is 64.0 Å². The van der Waals surface area contributed by atoms with Gasteiger partial charge in [-0.1, -0.05) is 0 Å². The lowest BCUT2D eigenvalue weighted by Gasteiger charge is -2.47. The molecule has 43 heavy (non-hydrogen) atoms. The number of nitrogens with zero attached hydrogens (tertiary/aromatic N) is 2. The summed E-state index contributed by atoms with van der Waals surface area (Å²) in [5, 5.41) is 40.5. The maximum atomic E-state index is 14.1. The molecule has 1 radical (unpaired) electrons. The third kappa shape index (κ3) is 5.37. The van der Waals surface area contributed by atoms with Crippen LogP contribution < -0.4 is 29.1 Å². The maximum absolute atomic E-state index is 14.1. The number of aliphatic hydroxyl groups is 2.